The van der Waals surface area contributed by atoms with Gasteiger partial charge in [0, 0.05) is 22.0 Å². The highest BCUT2D eigenvalue weighted by Crippen LogP contribution is 2.38. The van der Waals surface area contributed by atoms with Crippen molar-refractivity contribution in [3.05, 3.63) is 127 Å². The molecular formula is C32H23ClN4O6. The number of aryl methyl sites for hydroxylation is 1. The minimum Gasteiger partial charge on any atom is -0.493 e. The van der Waals surface area contributed by atoms with Crippen molar-refractivity contribution in [2.45, 2.75) is 13.5 Å². The number of rotatable bonds is 8. The molecule has 0 amide bonds. The van der Waals surface area contributed by atoms with Crippen molar-refractivity contribution in [3.8, 4) is 23.1 Å². The lowest BCUT2D eigenvalue weighted by molar-refractivity contribution is -0.386. The van der Waals surface area contributed by atoms with E-state index in [9.17, 15) is 14.9 Å². The number of hydrogen-bond donors (Lipinski definition) is 0. The molecule has 0 N–H and O–H groups in total. The van der Waals surface area contributed by atoms with Crippen molar-refractivity contribution < 1.29 is 18.8 Å². The second kappa shape index (κ2) is 11.4. The largest absolute Gasteiger partial charge is 0.493 e. The monoisotopic (exact) mass is 594 g/mol. The van der Waals surface area contributed by atoms with Crippen molar-refractivity contribution in [3.63, 3.8) is 0 Å². The predicted octanol–water partition coefficient (Wildman–Crippen LogP) is 7.15. The number of fused-ring (bicyclic) bond motifs is 2. The third-order valence-electron chi connectivity index (χ3n) is 6.75. The van der Waals surface area contributed by atoms with Crippen LogP contribution in [0.2, 0.25) is 5.02 Å². The Morgan fingerprint density at radius 2 is 1.86 bits per heavy atom. The molecule has 6 rings (SSSR count). The minimum atomic E-state index is -0.556. The summed E-state index contributed by atoms with van der Waals surface area (Å²) in [6.45, 7) is 2.08. The average molecular weight is 595 g/mol. The molecule has 43 heavy (non-hydrogen) atoms. The molecule has 0 atom stereocenters. The van der Waals surface area contributed by atoms with Crippen LogP contribution in [0, 0.1) is 17.0 Å². The number of nitrogens with zero attached hydrogens (tertiary/aromatic N) is 4. The molecule has 0 aliphatic heterocycles. The number of furan rings is 1. The summed E-state index contributed by atoms with van der Waals surface area (Å²) in [6, 6.07) is 24.2. The Morgan fingerprint density at radius 3 is 2.63 bits per heavy atom. The Bertz CT molecular complexity index is 2100. The fourth-order valence-electron chi connectivity index (χ4n) is 4.59. The van der Waals surface area contributed by atoms with Gasteiger partial charge >= 0.3 is 5.69 Å². The highest BCUT2D eigenvalue weighted by molar-refractivity contribution is 6.31. The number of halogens is 1. The molecule has 0 radical (unpaired) electrons. The maximum Gasteiger partial charge on any atom is 0.315 e. The number of nitro benzene ring substituents is 1. The fraction of sp³-hybridized carbons (Fsp3) is 0.0938. The first-order chi connectivity index (χ1) is 20.8. The molecule has 11 heteroatoms. The van der Waals surface area contributed by atoms with Crippen LogP contribution in [0.4, 0.5) is 5.69 Å². The number of benzene rings is 4. The summed E-state index contributed by atoms with van der Waals surface area (Å²) < 4.78 is 18.4. The van der Waals surface area contributed by atoms with Gasteiger partial charge in [0.05, 0.1) is 29.2 Å². The maximum absolute atomic E-state index is 13.6. The molecule has 0 fully saturated rings. The second-order valence-electron chi connectivity index (χ2n) is 9.71. The highest BCUT2D eigenvalue weighted by atomic mass is 35.5. The van der Waals surface area contributed by atoms with Crippen LogP contribution in [0.25, 0.3) is 33.5 Å². The molecule has 0 spiro atoms. The van der Waals surface area contributed by atoms with Crippen molar-refractivity contribution >= 4 is 45.4 Å². The van der Waals surface area contributed by atoms with Crippen LogP contribution < -0.4 is 15.0 Å². The smallest absolute Gasteiger partial charge is 0.315 e. The molecule has 2 heterocycles. The molecule has 0 saturated heterocycles. The van der Waals surface area contributed by atoms with Crippen LogP contribution in [0.3, 0.4) is 0 Å². The first-order valence-corrected chi connectivity index (χ1v) is 13.5. The summed E-state index contributed by atoms with van der Waals surface area (Å²) in [6.07, 6.45) is 1.32. The summed E-state index contributed by atoms with van der Waals surface area (Å²) in [5, 5.41) is 18.1. The molecule has 0 aliphatic rings. The number of aromatic nitrogens is 2. The number of ether oxygens (including phenoxy) is 2. The van der Waals surface area contributed by atoms with Gasteiger partial charge < -0.3 is 13.9 Å². The van der Waals surface area contributed by atoms with Gasteiger partial charge in [-0.05, 0) is 55.0 Å². The zero-order valence-electron chi connectivity index (χ0n) is 23.0. The predicted molar refractivity (Wildman–Crippen MR) is 164 cm³/mol. The van der Waals surface area contributed by atoms with E-state index in [1.54, 1.807) is 54.6 Å². The summed E-state index contributed by atoms with van der Waals surface area (Å²) >= 11 is 6.15. The minimum absolute atomic E-state index is 0.0172. The average Bonchev–Trinajstić information content (AvgIpc) is 3.43. The van der Waals surface area contributed by atoms with Gasteiger partial charge in [-0.3, -0.25) is 14.9 Å². The molecule has 0 bridgehead atoms. The molecular weight excluding hydrogens is 572 g/mol. The standard InChI is InChI=1S/C32H23ClN4O6/c1-19-7-9-20(10-8-19)18-42-30-26(37(39)40)13-21(14-28(30)41-2)17-34-36-31(35-25-6-4-3-5-24(25)32(36)38)29-16-22-15-23(33)11-12-27(22)43-29/h3-17H,18H2,1-2H3. The van der Waals surface area contributed by atoms with E-state index >= 15 is 0 Å². The molecule has 10 nitrogen and oxygen atoms in total. The van der Waals surface area contributed by atoms with Crippen molar-refractivity contribution in [2.24, 2.45) is 5.10 Å². The Hall–Kier alpha value is -5.48. The van der Waals surface area contributed by atoms with Gasteiger partial charge in [0.2, 0.25) is 11.6 Å². The Kier molecular flexibility index (Phi) is 7.35. The summed E-state index contributed by atoms with van der Waals surface area (Å²) in [5.41, 5.74) is 2.48. The second-order valence-corrected chi connectivity index (χ2v) is 10.1. The van der Waals surface area contributed by atoms with Gasteiger partial charge in [0.15, 0.2) is 11.5 Å². The van der Waals surface area contributed by atoms with E-state index < -0.39 is 10.5 Å². The van der Waals surface area contributed by atoms with Crippen LogP contribution in [0.1, 0.15) is 16.7 Å². The van der Waals surface area contributed by atoms with Gasteiger partial charge in [0.1, 0.15) is 12.2 Å². The lowest BCUT2D eigenvalue weighted by Crippen LogP contribution is -2.20. The van der Waals surface area contributed by atoms with Gasteiger partial charge in [0.25, 0.3) is 5.56 Å². The van der Waals surface area contributed by atoms with E-state index in [2.05, 4.69) is 10.1 Å². The van der Waals surface area contributed by atoms with Gasteiger partial charge in [-0.2, -0.15) is 9.78 Å². The number of methoxy groups -OCH3 is 1. The van der Waals surface area contributed by atoms with Crippen LogP contribution in [0.15, 0.2) is 99.2 Å². The Balaban J connectivity index is 1.43. The number of nitro groups is 1. The zero-order valence-corrected chi connectivity index (χ0v) is 23.7. The van der Waals surface area contributed by atoms with Crippen LogP contribution in [0.5, 0.6) is 11.5 Å². The Labute approximate surface area is 249 Å². The Morgan fingerprint density at radius 1 is 1.07 bits per heavy atom. The fourth-order valence-corrected chi connectivity index (χ4v) is 4.77. The maximum atomic E-state index is 13.6. The van der Waals surface area contributed by atoms with Crippen LogP contribution in [-0.2, 0) is 6.61 Å². The molecule has 214 valence electrons. The van der Waals surface area contributed by atoms with Crippen molar-refractivity contribution in [1.82, 2.24) is 9.66 Å². The summed E-state index contributed by atoms with van der Waals surface area (Å²) in [7, 11) is 1.39. The molecule has 0 aliphatic carbocycles. The molecule has 6 aromatic rings. The first-order valence-electron chi connectivity index (χ1n) is 13.1. The van der Waals surface area contributed by atoms with E-state index in [1.165, 1.54) is 19.4 Å². The topological polar surface area (TPSA) is 122 Å². The number of hydrogen-bond acceptors (Lipinski definition) is 8. The quantitative estimate of drug-likeness (QED) is 0.104. The summed E-state index contributed by atoms with van der Waals surface area (Å²) in [5.74, 6) is 0.560. The van der Waals surface area contributed by atoms with Crippen molar-refractivity contribution in [2.75, 3.05) is 7.11 Å². The molecule has 0 unspecified atom stereocenters. The van der Waals surface area contributed by atoms with E-state index in [0.717, 1.165) is 21.2 Å². The van der Waals surface area contributed by atoms with Gasteiger partial charge in [-0.25, -0.2) is 4.98 Å². The van der Waals surface area contributed by atoms with Gasteiger partial charge in [-0.1, -0.05) is 53.6 Å². The van der Waals surface area contributed by atoms with E-state index in [1.807, 2.05) is 31.2 Å². The molecule has 4 aromatic carbocycles. The molecule has 2 aromatic heterocycles. The van der Waals surface area contributed by atoms with Crippen LogP contribution >= 0.6 is 11.6 Å². The third-order valence-corrected chi connectivity index (χ3v) is 6.99. The highest BCUT2D eigenvalue weighted by Gasteiger charge is 2.23. The zero-order chi connectivity index (χ0) is 30.1. The van der Waals surface area contributed by atoms with Crippen molar-refractivity contribution in [1.29, 1.82) is 0 Å². The number of para-hydroxylation sites is 1. The van der Waals surface area contributed by atoms with E-state index in [4.69, 9.17) is 25.5 Å². The first kappa shape index (κ1) is 27.7. The van der Waals surface area contributed by atoms with E-state index in [-0.39, 0.29) is 29.6 Å². The van der Waals surface area contributed by atoms with Crippen LogP contribution in [-0.4, -0.2) is 27.9 Å². The lowest BCUT2D eigenvalue weighted by atomic mass is 10.1. The normalized spacial score (nSPS) is 11.4. The SMILES string of the molecule is COc1cc(C=Nn2c(-c3cc4cc(Cl)ccc4o3)nc3ccccc3c2=O)cc([N+](=O)[O-])c1OCc1ccc(C)cc1. The summed E-state index contributed by atoms with van der Waals surface area (Å²) in [4.78, 5) is 29.8. The van der Waals surface area contributed by atoms with Gasteiger partial charge in [-0.15, -0.1) is 0 Å². The third kappa shape index (κ3) is 5.55. The molecule has 0 saturated carbocycles. The lowest BCUT2D eigenvalue weighted by Gasteiger charge is -2.12. The van der Waals surface area contributed by atoms with E-state index in [0.29, 0.717) is 32.8 Å².